The van der Waals surface area contributed by atoms with Crippen molar-refractivity contribution in [3.8, 4) is 0 Å². The van der Waals surface area contributed by atoms with Crippen LogP contribution in [-0.4, -0.2) is 47.1 Å². The third-order valence-electron chi connectivity index (χ3n) is 6.75. The molecule has 1 aromatic rings. The van der Waals surface area contributed by atoms with Gasteiger partial charge in [0.25, 0.3) is 15.9 Å². The van der Waals surface area contributed by atoms with E-state index in [0.29, 0.717) is 29.9 Å². The van der Waals surface area contributed by atoms with Crippen LogP contribution in [0.3, 0.4) is 0 Å². The molecule has 1 amide bonds. The van der Waals surface area contributed by atoms with Gasteiger partial charge in [0.1, 0.15) is 8.42 Å². The van der Waals surface area contributed by atoms with Gasteiger partial charge in [-0.05, 0) is 32.4 Å². The molecule has 39 heavy (non-hydrogen) atoms. The minimum Gasteiger partial charge on any atom is -0.463 e. The molecule has 0 saturated carbocycles. The van der Waals surface area contributed by atoms with Crippen molar-refractivity contribution in [2.75, 3.05) is 13.2 Å². The number of hydrogen-bond donors (Lipinski definition) is 2. The van der Waals surface area contributed by atoms with Crippen LogP contribution in [-0.2, 0) is 34.2 Å². The number of esters is 1. The van der Waals surface area contributed by atoms with Crippen LogP contribution >= 0.6 is 11.3 Å². The largest absolute Gasteiger partial charge is 0.463 e. The number of thiophene rings is 1. The van der Waals surface area contributed by atoms with Gasteiger partial charge in [-0.1, -0.05) is 78.1 Å². The van der Waals surface area contributed by atoms with Crippen LogP contribution < -0.4 is 10.0 Å². The molecule has 2 N–H and O–H groups in total. The van der Waals surface area contributed by atoms with E-state index >= 15 is 0 Å². The third-order valence-corrected chi connectivity index (χ3v) is 12.5. The van der Waals surface area contributed by atoms with Gasteiger partial charge in [-0.2, -0.15) is 0 Å². The fourth-order valence-corrected chi connectivity index (χ4v) is 9.46. The van der Waals surface area contributed by atoms with Gasteiger partial charge in [0.2, 0.25) is 0 Å². The molecule has 2 heterocycles. The molecule has 12 heteroatoms. The van der Waals surface area contributed by atoms with Crippen molar-refractivity contribution in [1.82, 2.24) is 10.0 Å². The summed E-state index contributed by atoms with van der Waals surface area (Å²) in [7, 11) is -7.98. The molecular weight excluding hydrogens is 561 g/mol. The second-order valence-corrected chi connectivity index (χ2v) is 15.5. The third kappa shape index (κ3) is 10.6. The molecule has 0 spiro atoms. The van der Waals surface area contributed by atoms with Crippen LogP contribution in [0.5, 0.6) is 0 Å². The highest BCUT2D eigenvalue weighted by atomic mass is 32.3. The van der Waals surface area contributed by atoms with E-state index in [2.05, 4.69) is 12.2 Å². The zero-order chi connectivity index (χ0) is 28.9. The Kier molecular flexibility index (Phi) is 14.1. The Morgan fingerprint density at radius 2 is 1.59 bits per heavy atom. The first-order valence-electron chi connectivity index (χ1n) is 14.1. The van der Waals surface area contributed by atoms with Gasteiger partial charge in [-0.25, -0.2) is 26.4 Å². The number of fused-ring (bicyclic) bond motifs is 1. The van der Waals surface area contributed by atoms with Gasteiger partial charge in [0, 0.05) is 23.8 Å². The lowest BCUT2D eigenvalue weighted by atomic mass is 10.1. The highest BCUT2D eigenvalue weighted by molar-refractivity contribution is 7.95. The number of hydrogen-bond acceptors (Lipinski definition) is 9. The summed E-state index contributed by atoms with van der Waals surface area (Å²) in [6.07, 6.45) is 15.0. The summed E-state index contributed by atoms with van der Waals surface area (Å²) >= 11 is 0.628. The number of ether oxygens (including phenoxy) is 1. The maximum absolute atomic E-state index is 12.8. The monoisotopic (exact) mass is 604 g/mol. The number of unbranched alkanes of at least 4 members (excludes halogenated alkanes) is 10. The molecule has 222 valence electrons. The Labute approximate surface area is 238 Å². The lowest BCUT2D eigenvalue weighted by Crippen LogP contribution is -2.33. The van der Waals surface area contributed by atoms with Gasteiger partial charge in [0.15, 0.2) is 9.84 Å². The first-order valence-corrected chi connectivity index (χ1v) is 17.9. The van der Waals surface area contributed by atoms with Crippen molar-refractivity contribution in [2.24, 2.45) is 0 Å². The van der Waals surface area contributed by atoms with Crippen LogP contribution in [0, 0.1) is 0 Å². The average Bonchev–Trinajstić information content (AvgIpc) is 3.35. The van der Waals surface area contributed by atoms with E-state index < -0.39 is 37.0 Å². The molecule has 0 unspecified atom stereocenters. The van der Waals surface area contributed by atoms with E-state index in [4.69, 9.17) is 4.74 Å². The Balaban J connectivity index is 1.76. The van der Waals surface area contributed by atoms with Gasteiger partial charge >= 0.3 is 5.97 Å². The van der Waals surface area contributed by atoms with E-state index in [0.717, 1.165) is 31.4 Å². The van der Waals surface area contributed by atoms with Gasteiger partial charge in [0.05, 0.1) is 11.9 Å². The van der Waals surface area contributed by atoms with Crippen molar-refractivity contribution in [1.29, 1.82) is 0 Å². The number of sulfonamides is 1. The highest BCUT2D eigenvalue weighted by Gasteiger charge is 2.39. The summed E-state index contributed by atoms with van der Waals surface area (Å²) in [6, 6.07) is 1.01. The number of rotatable bonds is 18. The molecule has 0 radical (unpaired) electrons. The van der Waals surface area contributed by atoms with Gasteiger partial charge in [-0.3, -0.25) is 4.79 Å². The van der Waals surface area contributed by atoms with E-state index in [-0.39, 0.29) is 21.1 Å². The normalized spacial score (nSPS) is 18.6. The Bertz CT molecular complexity index is 1170. The predicted octanol–water partition coefficient (Wildman–Crippen LogP) is 5.18. The average molecular weight is 605 g/mol. The molecule has 1 aliphatic heterocycles. The van der Waals surface area contributed by atoms with Crippen molar-refractivity contribution in [3.63, 3.8) is 0 Å². The van der Waals surface area contributed by atoms with Crippen molar-refractivity contribution in [2.45, 2.75) is 118 Å². The second kappa shape index (κ2) is 16.5. The number of carbonyl (C=O) groups excluding carboxylic acids is 2. The molecule has 0 fully saturated rings. The number of amides is 1. The second-order valence-electron chi connectivity index (χ2n) is 10.0. The number of nitrogens with one attached hydrogen (secondary N) is 2. The summed E-state index contributed by atoms with van der Waals surface area (Å²) in [6.45, 7) is 6.52. The Morgan fingerprint density at radius 3 is 2.18 bits per heavy atom. The molecule has 0 bridgehead atoms. The van der Waals surface area contributed by atoms with Gasteiger partial charge in [-0.15, -0.1) is 11.3 Å². The zero-order valence-electron chi connectivity index (χ0n) is 23.4. The summed E-state index contributed by atoms with van der Waals surface area (Å²) in [5.74, 6) is -1.75. The smallest absolute Gasteiger partial charge is 0.330 e. The SMILES string of the molecule is CCCCCCCCCCCCCOC(=O)/C=C/C(=O)NS(=O)(=O)c1cc2c(s1)S(=O)(=O)[C@@H](C)C[C@@H]2NCC. The van der Waals surface area contributed by atoms with Crippen LogP contribution in [0.1, 0.15) is 109 Å². The van der Waals surface area contributed by atoms with E-state index in [1.54, 1.807) is 6.92 Å². The zero-order valence-corrected chi connectivity index (χ0v) is 25.8. The number of carbonyl (C=O) groups is 2. The van der Waals surface area contributed by atoms with Crippen LogP contribution in [0.15, 0.2) is 26.6 Å². The molecule has 9 nitrogen and oxygen atoms in total. The molecule has 0 aliphatic carbocycles. The first kappa shape index (κ1) is 33.4. The van der Waals surface area contributed by atoms with Crippen molar-refractivity contribution in [3.05, 3.63) is 23.8 Å². The molecular formula is C27H44N2O7S3. The maximum Gasteiger partial charge on any atom is 0.330 e. The van der Waals surface area contributed by atoms with Crippen molar-refractivity contribution < 1.29 is 31.2 Å². The molecule has 0 saturated heterocycles. The number of sulfone groups is 1. The summed E-state index contributed by atoms with van der Waals surface area (Å²) in [5.41, 5.74) is 0.398. The molecule has 0 aromatic carbocycles. The maximum atomic E-state index is 12.8. The minimum atomic E-state index is -4.32. The standard InChI is InChI=1S/C27H44N2O7S3/c1-4-6-7-8-9-10-11-12-13-14-15-18-36-25(31)17-16-24(30)29-39(34,35)26-20-22-23(28-5-2)19-21(3)38(32,33)27(22)37-26/h16-17,20-21,23,28H,4-15,18-19H2,1-3H3,(H,29,30)/b17-16+/t21-,23-/m0/s1. The molecule has 1 aliphatic rings. The molecule has 2 rings (SSSR count). The fourth-order valence-electron chi connectivity index (χ4n) is 4.52. The lowest BCUT2D eigenvalue weighted by molar-refractivity contribution is -0.138. The van der Waals surface area contributed by atoms with Crippen LogP contribution in [0.25, 0.3) is 0 Å². The first-order chi connectivity index (χ1) is 18.5. The highest BCUT2D eigenvalue weighted by Crippen LogP contribution is 2.42. The van der Waals surface area contributed by atoms with E-state index in [9.17, 15) is 26.4 Å². The van der Waals surface area contributed by atoms with E-state index in [1.807, 2.05) is 11.6 Å². The summed E-state index contributed by atoms with van der Waals surface area (Å²) < 4.78 is 57.8. The summed E-state index contributed by atoms with van der Waals surface area (Å²) in [4.78, 5) is 24.1. The van der Waals surface area contributed by atoms with Crippen LogP contribution in [0.2, 0.25) is 0 Å². The minimum absolute atomic E-state index is 0.00144. The predicted molar refractivity (Wildman–Crippen MR) is 154 cm³/mol. The Hall–Kier alpha value is -1.76. The lowest BCUT2D eigenvalue weighted by Gasteiger charge is -2.27. The van der Waals surface area contributed by atoms with Gasteiger partial charge < -0.3 is 10.1 Å². The molecule has 2 atom stereocenters. The molecule has 1 aromatic heterocycles. The Morgan fingerprint density at radius 1 is 1.00 bits per heavy atom. The van der Waals surface area contributed by atoms with Crippen molar-refractivity contribution >= 4 is 43.1 Å². The quantitative estimate of drug-likeness (QED) is 0.133. The summed E-state index contributed by atoms with van der Waals surface area (Å²) in [5, 5.41) is 2.53. The topological polar surface area (TPSA) is 136 Å². The van der Waals surface area contributed by atoms with Crippen LogP contribution in [0.4, 0.5) is 0 Å². The van der Waals surface area contributed by atoms with E-state index in [1.165, 1.54) is 57.4 Å². The fraction of sp³-hybridized carbons (Fsp3) is 0.704.